The second-order valence-electron chi connectivity index (χ2n) is 7.67. The molecule has 1 aromatic carbocycles. The lowest BCUT2D eigenvalue weighted by atomic mass is 10.0. The first-order chi connectivity index (χ1) is 11.8. The zero-order valence-electron chi connectivity index (χ0n) is 16.2. The van der Waals surface area contributed by atoms with Gasteiger partial charge in [0.15, 0.2) is 6.61 Å². The summed E-state index contributed by atoms with van der Waals surface area (Å²) in [5, 5.41) is 3.01. The van der Waals surface area contributed by atoms with Gasteiger partial charge in [-0.25, -0.2) is 0 Å². The van der Waals surface area contributed by atoms with E-state index in [4.69, 9.17) is 9.47 Å². The van der Waals surface area contributed by atoms with Crippen LogP contribution in [-0.2, 0) is 9.53 Å². The molecule has 140 valence electrons. The van der Waals surface area contributed by atoms with Crippen LogP contribution in [-0.4, -0.2) is 55.8 Å². The molecule has 0 unspecified atom stereocenters. The summed E-state index contributed by atoms with van der Waals surface area (Å²) in [4.78, 5) is 14.6. The highest BCUT2D eigenvalue weighted by Crippen LogP contribution is 2.27. The van der Waals surface area contributed by atoms with Crippen molar-refractivity contribution >= 4 is 5.91 Å². The van der Waals surface area contributed by atoms with E-state index in [9.17, 15) is 4.79 Å². The number of benzene rings is 1. The Bertz CT molecular complexity index is 578. The summed E-state index contributed by atoms with van der Waals surface area (Å²) >= 11 is 0. The number of carbonyl (C=O) groups is 1. The molecule has 1 aliphatic rings. The number of nitrogens with zero attached hydrogens (tertiary/aromatic N) is 1. The van der Waals surface area contributed by atoms with Crippen molar-refractivity contribution in [3.63, 3.8) is 0 Å². The normalized spacial score (nSPS) is 16.1. The second kappa shape index (κ2) is 8.68. The third-order valence-corrected chi connectivity index (χ3v) is 4.74. The zero-order chi connectivity index (χ0) is 18.4. The summed E-state index contributed by atoms with van der Waals surface area (Å²) < 4.78 is 11.2. The van der Waals surface area contributed by atoms with Crippen molar-refractivity contribution in [3.05, 3.63) is 29.3 Å². The van der Waals surface area contributed by atoms with Crippen LogP contribution in [0.4, 0.5) is 0 Å². The average Bonchev–Trinajstić information content (AvgIpc) is 2.59. The number of carbonyl (C=O) groups excluding carboxylic acids is 1. The summed E-state index contributed by atoms with van der Waals surface area (Å²) in [5.41, 5.74) is 2.17. The first kappa shape index (κ1) is 19.7. The molecule has 0 spiro atoms. The van der Waals surface area contributed by atoms with Crippen LogP contribution in [0.15, 0.2) is 18.2 Å². The maximum atomic E-state index is 12.2. The molecule has 0 aromatic heterocycles. The van der Waals surface area contributed by atoms with Gasteiger partial charge in [-0.2, -0.15) is 0 Å². The molecular weight excluding hydrogens is 316 g/mol. The second-order valence-corrected chi connectivity index (χ2v) is 7.67. The van der Waals surface area contributed by atoms with Crippen molar-refractivity contribution in [1.82, 2.24) is 10.2 Å². The maximum Gasteiger partial charge on any atom is 0.258 e. The highest BCUT2D eigenvalue weighted by Gasteiger charge is 2.28. The molecule has 0 atom stereocenters. The van der Waals surface area contributed by atoms with Gasteiger partial charge in [0.2, 0.25) is 0 Å². The Hall–Kier alpha value is -1.59. The van der Waals surface area contributed by atoms with Gasteiger partial charge < -0.3 is 14.8 Å². The monoisotopic (exact) mass is 348 g/mol. The minimum Gasteiger partial charge on any atom is -0.483 e. The van der Waals surface area contributed by atoms with E-state index in [1.165, 1.54) is 0 Å². The summed E-state index contributed by atoms with van der Waals surface area (Å²) in [6, 6.07) is 6.15. The summed E-state index contributed by atoms with van der Waals surface area (Å²) in [6.07, 6.45) is 0. The lowest BCUT2D eigenvalue weighted by Crippen LogP contribution is -2.55. The minimum absolute atomic E-state index is 0.0440. The molecular formula is C20H32N2O3. The number of hydrogen-bond acceptors (Lipinski definition) is 4. The largest absolute Gasteiger partial charge is 0.483 e. The van der Waals surface area contributed by atoms with Gasteiger partial charge in [0.1, 0.15) is 5.75 Å². The quantitative estimate of drug-likeness (QED) is 0.823. The van der Waals surface area contributed by atoms with Crippen molar-refractivity contribution in [2.75, 3.05) is 39.5 Å². The highest BCUT2D eigenvalue weighted by atomic mass is 16.5. The number of amides is 1. The lowest BCUT2D eigenvalue weighted by Gasteiger charge is -2.40. The summed E-state index contributed by atoms with van der Waals surface area (Å²) in [5.74, 6) is 1.08. The van der Waals surface area contributed by atoms with Crippen molar-refractivity contribution in [2.24, 2.45) is 0 Å². The number of rotatable bonds is 7. The van der Waals surface area contributed by atoms with Crippen LogP contribution < -0.4 is 10.1 Å². The first-order valence-corrected chi connectivity index (χ1v) is 9.12. The van der Waals surface area contributed by atoms with Crippen molar-refractivity contribution in [3.8, 4) is 5.75 Å². The van der Waals surface area contributed by atoms with E-state index in [0.29, 0.717) is 12.5 Å². The Morgan fingerprint density at radius 3 is 2.64 bits per heavy atom. The third kappa shape index (κ3) is 5.72. The van der Waals surface area contributed by atoms with E-state index in [0.717, 1.165) is 43.2 Å². The van der Waals surface area contributed by atoms with Crippen molar-refractivity contribution in [1.29, 1.82) is 0 Å². The lowest BCUT2D eigenvalue weighted by molar-refractivity contribution is -0.123. The zero-order valence-corrected chi connectivity index (χ0v) is 16.2. The van der Waals surface area contributed by atoms with Crippen LogP contribution in [0.5, 0.6) is 5.75 Å². The molecule has 0 bridgehead atoms. The Balaban J connectivity index is 1.85. The van der Waals surface area contributed by atoms with Gasteiger partial charge in [-0.1, -0.05) is 26.0 Å². The van der Waals surface area contributed by atoms with E-state index < -0.39 is 0 Å². The van der Waals surface area contributed by atoms with Crippen LogP contribution in [0, 0.1) is 6.92 Å². The predicted molar refractivity (Wildman–Crippen MR) is 100 cm³/mol. The fraction of sp³-hybridized carbons (Fsp3) is 0.650. The molecule has 5 heteroatoms. The van der Waals surface area contributed by atoms with Gasteiger partial charge in [0, 0.05) is 25.2 Å². The molecule has 1 amide bonds. The van der Waals surface area contributed by atoms with Gasteiger partial charge >= 0.3 is 0 Å². The molecule has 1 saturated heterocycles. The molecule has 1 aromatic rings. The number of morpholine rings is 1. The van der Waals surface area contributed by atoms with Crippen molar-refractivity contribution in [2.45, 2.75) is 46.1 Å². The van der Waals surface area contributed by atoms with Crippen LogP contribution in [0.25, 0.3) is 0 Å². The number of nitrogens with one attached hydrogen (secondary N) is 1. The summed E-state index contributed by atoms with van der Waals surface area (Å²) in [7, 11) is 0. The standard InChI is InChI=1S/C20H32N2O3/c1-15(2)17-7-6-16(3)12-18(17)25-13-19(23)21-14-20(4,5)22-8-10-24-11-9-22/h6-7,12,15H,8-11,13-14H2,1-5H3,(H,21,23). The molecule has 1 heterocycles. The van der Waals surface area contributed by atoms with Crippen LogP contribution in [0.3, 0.4) is 0 Å². The fourth-order valence-corrected chi connectivity index (χ4v) is 3.03. The predicted octanol–water partition coefficient (Wildman–Crippen LogP) is 2.72. The van der Waals surface area contributed by atoms with Crippen LogP contribution >= 0.6 is 0 Å². The van der Waals surface area contributed by atoms with Gasteiger partial charge in [-0.15, -0.1) is 0 Å². The Morgan fingerprint density at radius 2 is 2.00 bits per heavy atom. The topological polar surface area (TPSA) is 50.8 Å². The van der Waals surface area contributed by atoms with E-state index in [1.54, 1.807) is 0 Å². The SMILES string of the molecule is Cc1ccc(C(C)C)c(OCC(=O)NCC(C)(C)N2CCOCC2)c1. The molecule has 1 N–H and O–H groups in total. The molecule has 2 rings (SSSR count). The van der Waals surface area contributed by atoms with Gasteiger partial charge in [0.05, 0.1) is 13.2 Å². The first-order valence-electron chi connectivity index (χ1n) is 9.12. The molecule has 1 aliphatic heterocycles. The number of hydrogen-bond donors (Lipinski definition) is 1. The minimum atomic E-state index is -0.0914. The number of aryl methyl sites for hydroxylation is 1. The molecule has 5 nitrogen and oxygen atoms in total. The average molecular weight is 348 g/mol. The van der Waals surface area contributed by atoms with E-state index in [-0.39, 0.29) is 18.1 Å². The Morgan fingerprint density at radius 1 is 1.32 bits per heavy atom. The smallest absolute Gasteiger partial charge is 0.258 e. The van der Waals surface area contributed by atoms with Gasteiger partial charge in [-0.05, 0) is 43.9 Å². The molecule has 0 radical (unpaired) electrons. The van der Waals surface area contributed by atoms with E-state index in [2.05, 4.69) is 50.0 Å². The molecule has 25 heavy (non-hydrogen) atoms. The maximum absolute atomic E-state index is 12.2. The van der Waals surface area contributed by atoms with Crippen LogP contribution in [0.1, 0.15) is 44.7 Å². The fourth-order valence-electron chi connectivity index (χ4n) is 3.03. The molecule has 0 aliphatic carbocycles. The Labute approximate surface area is 151 Å². The highest BCUT2D eigenvalue weighted by molar-refractivity contribution is 5.77. The van der Waals surface area contributed by atoms with Crippen LogP contribution in [0.2, 0.25) is 0 Å². The Kier molecular flexibility index (Phi) is 6.85. The van der Waals surface area contributed by atoms with E-state index in [1.807, 2.05) is 13.0 Å². The van der Waals surface area contributed by atoms with E-state index >= 15 is 0 Å². The summed E-state index contributed by atoms with van der Waals surface area (Å²) in [6.45, 7) is 14.5. The molecule has 1 fully saturated rings. The molecule has 0 saturated carbocycles. The van der Waals surface area contributed by atoms with Gasteiger partial charge in [0.25, 0.3) is 5.91 Å². The number of ether oxygens (including phenoxy) is 2. The third-order valence-electron chi connectivity index (χ3n) is 4.74. The van der Waals surface area contributed by atoms with Gasteiger partial charge in [-0.3, -0.25) is 9.69 Å². The van der Waals surface area contributed by atoms with Crippen molar-refractivity contribution < 1.29 is 14.3 Å².